The Balaban J connectivity index is 1.45. The Morgan fingerprint density at radius 2 is 1.63 bits per heavy atom. The van der Waals surface area contributed by atoms with Gasteiger partial charge in [-0.25, -0.2) is 0 Å². The second kappa shape index (κ2) is 6.93. The molecule has 2 N–H and O–H groups in total. The van der Waals surface area contributed by atoms with Crippen LogP contribution in [0.1, 0.15) is 24.0 Å². The van der Waals surface area contributed by atoms with Crippen molar-refractivity contribution in [2.45, 2.75) is 12.8 Å². The minimum absolute atomic E-state index is 0.971. The predicted molar refractivity (Wildman–Crippen MR) is 126 cm³/mol. The highest BCUT2D eigenvalue weighted by atomic mass is 15.1. The van der Waals surface area contributed by atoms with Crippen molar-refractivity contribution in [1.29, 1.82) is 0 Å². The Hall–Kier alpha value is -3.78. The predicted octanol–water partition coefficient (Wildman–Crippen LogP) is 7.29. The molecule has 0 unspecified atom stereocenters. The molecule has 144 valence electrons. The number of hydrogen-bond acceptors (Lipinski definition) is 0. The molecule has 0 spiro atoms. The van der Waals surface area contributed by atoms with Gasteiger partial charge in [0.05, 0.1) is 5.69 Å². The molecule has 0 saturated carbocycles. The van der Waals surface area contributed by atoms with E-state index in [0.717, 1.165) is 18.5 Å². The van der Waals surface area contributed by atoms with E-state index in [1.54, 1.807) is 0 Å². The van der Waals surface area contributed by atoms with Gasteiger partial charge in [0.1, 0.15) is 0 Å². The number of allylic oxidation sites excluding steroid dienone is 8. The number of nitrogens with one attached hydrogen (secondary N) is 2. The number of aromatic amines is 2. The number of fused-ring (bicyclic) bond motifs is 4. The molecule has 0 radical (unpaired) electrons. The van der Waals surface area contributed by atoms with Crippen LogP contribution in [0.25, 0.3) is 33.2 Å². The van der Waals surface area contributed by atoms with Gasteiger partial charge in [-0.2, -0.15) is 0 Å². The summed E-state index contributed by atoms with van der Waals surface area (Å²) in [5.41, 5.74) is 10.5. The van der Waals surface area contributed by atoms with Crippen LogP contribution in [0.5, 0.6) is 0 Å². The zero-order valence-electron chi connectivity index (χ0n) is 16.7. The third kappa shape index (κ3) is 2.89. The maximum atomic E-state index is 3.14. The lowest BCUT2D eigenvalue weighted by molar-refractivity contribution is 0.974. The van der Waals surface area contributed by atoms with Crippen LogP contribution in [0, 0.1) is 0 Å². The molecule has 0 saturated heterocycles. The van der Waals surface area contributed by atoms with Crippen molar-refractivity contribution in [3.05, 3.63) is 120 Å². The molecule has 2 bridgehead atoms. The van der Waals surface area contributed by atoms with Crippen molar-refractivity contribution in [1.82, 2.24) is 10.2 Å². The summed E-state index contributed by atoms with van der Waals surface area (Å²) >= 11 is 0. The Morgan fingerprint density at radius 1 is 0.767 bits per heavy atom. The third-order valence-corrected chi connectivity index (χ3v) is 6.19. The molecule has 0 aliphatic heterocycles. The van der Waals surface area contributed by atoms with Crippen molar-refractivity contribution in [2.75, 3.05) is 0 Å². The van der Waals surface area contributed by atoms with Gasteiger partial charge in [-0.05, 0) is 63.1 Å². The number of H-pyrrole nitrogens is 2. The molecule has 4 aromatic rings. The lowest BCUT2D eigenvalue weighted by Crippen LogP contribution is -2.01. The van der Waals surface area contributed by atoms with E-state index in [1.807, 2.05) is 6.20 Å². The van der Waals surface area contributed by atoms with Gasteiger partial charge in [0, 0.05) is 11.8 Å². The molecular weight excluding hydrogens is 364 g/mol. The molecule has 7 rings (SSSR count). The molecule has 0 fully saturated rings. The van der Waals surface area contributed by atoms with Crippen LogP contribution in [0.15, 0.2) is 108 Å². The minimum Gasteiger partial charge on any atom is -0.306 e. The quantitative estimate of drug-likeness (QED) is 0.370. The van der Waals surface area contributed by atoms with Crippen LogP contribution in [0.4, 0.5) is 0 Å². The summed E-state index contributed by atoms with van der Waals surface area (Å²) in [6, 6.07) is 24.1. The summed E-state index contributed by atoms with van der Waals surface area (Å²) < 4.78 is 0. The highest BCUT2D eigenvalue weighted by molar-refractivity contribution is 6.00. The van der Waals surface area contributed by atoms with Crippen LogP contribution in [0.3, 0.4) is 0 Å². The summed E-state index contributed by atoms with van der Waals surface area (Å²) in [5.74, 6) is 0. The van der Waals surface area contributed by atoms with Crippen molar-refractivity contribution < 1.29 is 0 Å². The lowest BCUT2D eigenvalue weighted by Gasteiger charge is -2.22. The molecule has 0 amide bonds. The summed E-state index contributed by atoms with van der Waals surface area (Å²) in [7, 11) is 0. The molecule has 3 aliphatic carbocycles. The van der Waals surface area contributed by atoms with Crippen molar-refractivity contribution in [3.63, 3.8) is 0 Å². The van der Waals surface area contributed by atoms with Crippen LogP contribution in [-0.2, 0) is 0 Å². The summed E-state index contributed by atoms with van der Waals surface area (Å²) in [6.45, 7) is 0. The SMILES string of the molecule is C1=C2C=C(c3cccc4cc(-c5c[nH][nH]5)ccc34)/C(=C/C=C(/c3ccccc3)C2)C1. The Labute approximate surface area is 175 Å². The van der Waals surface area contributed by atoms with E-state index in [1.165, 1.54) is 49.8 Å². The van der Waals surface area contributed by atoms with Gasteiger partial charge in [0.25, 0.3) is 0 Å². The Morgan fingerprint density at radius 3 is 2.47 bits per heavy atom. The minimum atomic E-state index is 0.971. The smallest absolute Gasteiger partial charge is 0.0787 e. The van der Waals surface area contributed by atoms with E-state index < -0.39 is 0 Å². The van der Waals surface area contributed by atoms with E-state index in [2.05, 4.69) is 101 Å². The van der Waals surface area contributed by atoms with Gasteiger partial charge in [0.15, 0.2) is 0 Å². The average molecular weight is 386 g/mol. The molecule has 2 heteroatoms. The molecule has 30 heavy (non-hydrogen) atoms. The van der Waals surface area contributed by atoms with Crippen LogP contribution < -0.4 is 0 Å². The van der Waals surface area contributed by atoms with Crippen LogP contribution >= 0.6 is 0 Å². The van der Waals surface area contributed by atoms with Gasteiger partial charge in [-0.1, -0.05) is 85.0 Å². The summed E-state index contributed by atoms with van der Waals surface area (Å²) in [4.78, 5) is 0. The normalized spacial score (nSPS) is 19.3. The largest absolute Gasteiger partial charge is 0.306 e. The van der Waals surface area contributed by atoms with Gasteiger partial charge in [-0.15, -0.1) is 0 Å². The monoisotopic (exact) mass is 386 g/mol. The Kier molecular flexibility index (Phi) is 3.95. The first-order valence-corrected chi connectivity index (χ1v) is 10.5. The van der Waals surface area contributed by atoms with E-state index in [4.69, 9.17) is 0 Å². The number of aromatic nitrogens is 2. The van der Waals surface area contributed by atoms with Gasteiger partial charge >= 0.3 is 0 Å². The number of hydrogen-bond donors (Lipinski definition) is 2. The number of rotatable bonds is 3. The van der Waals surface area contributed by atoms with E-state index in [-0.39, 0.29) is 0 Å². The fraction of sp³-hybridized carbons (Fsp3) is 0.0714. The first-order chi connectivity index (χ1) is 14.8. The first kappa shape index (κ1) is 17.1. The second-order valence-corrected chi connectivity index (χ2v) is 8.04. The molecule has 2 nitrogen and oxygen atoms in total. The van der Waals surface area contributed by atoms with Crippen LogP contribution in [0.2, 0.25) is 0 Å². The highest BCUT2D eigenvalue weighted by Crippen LogP contribution is 2.40. The van der Waals surface area contributed by atoms with Crippen molar-refractivity contribution in [3.8, 4) is 11.3 Å². The molecule has 1 heterocycles. The zero-order valence-corrected chi connectivity index (χ0v) is 16.7. The molecule has 3 aromatic carbocycles. The maximum absolute atomic E-state index is 3.14. The fourth-order valence-electron chi connectivity index (χ4n) is 4.54. The zero-order chi connectivity index (χ0) is 19.9. The van der Waals surface area contributed by atoms with Crippen molar-refractivity contribution >= 4 is 21.9 Å². The fourth-order valence-corrected chi connectivity index (χ4v) is 4.54. The lowest BCUT2D eigenvalue weighted by atomic mass is 9.82. The van der Waals surface area contributed by atoms with Crippen LogP contribution in [-0.4, -0.2) is 10.2 Å². The first-order valence-electron chi connectivity index (χ1n) is 10.5. The van der Waals surface area contributed by atoms with E-state index in [9.17, 15) is 0 Å². The second-order valence-electron chi connectivity index (χ2n) is 8.04. The van der Waals surface area contributed by atoms with Gasteiger partial charge in [-0.3, -0.25) is 5.10 Å². The molecule has 0 atom stereocenters. The van der Waals surface area contributed by atoms with E-state index >= 15 is 0 Å². The van der Waals surface area contributed by atoms with E-state index in [0.29, 0.717) is 0 Å². The summed E-state index contributed by atoms with van der Waals surface area (Å²) in [6.07, 6.45) is 13.4. The molecule has 1 aromatic heterocycles. The summed E-state index contributed by atoms with van der Waals surface area (Å²) in [5, 5.41) is 8.69. The van der Waals surface area contributed by atoms with Gasteiger partial charge in [0.2, 0.25) is 0 Å². The topological polar surface area (TPSA) is 31.6 Å². The standard InChI is InChI=1S/C28H22N2/c1-2-5-20(6-3-1)22-12-11-21-10-9-19(15-22)16-27(21)26-8-4-7-23-17-24(13-14-25(23)26)28-18-29-30-28/h1-9,11-14,16-18,29-30H,10,15H2/b21-11+,22-12+. The molecular formula is C28H22N2. The Bertz CT molecular complexity index is 1360. The third-order valence-electron chi connectivity index (χ3n) is 6.19. The average Bonchev–Trinajstić information content (AvgIpc) is 2.73. The number of benzene rings is 3. The highest BCUT2D eigenvalue weighted by Gasteiger charge is 2.18. The van der Waals surface area contributed by atoms with Crippen molar-refractivity contribution in [2.24, 2.45) is 0 Å². The molecule has 3 aliphatic rings. The van der Waals surface area contributed by atoms with Gasteiger partial charge < -0.3 is 5.10 Å². The maximum Gasteiger partial charge on any atom is 0.0787 e.